The van der Waals surface area contributed by atoms with Crippen molar-refractivity contribution in [2.75, 3.05) is 5.73 Å². The molecule has 0 fully saturated rings. The smallest absolute Gasteiger partial charge is 0.114 e. The van der Waals surface area contributed by atoms with Crippen molar-refractivity contribution in [3.63, 3.8) is 0 Å². The number of benzene rings is 1. The van der Waals surface area contributed by atoms with Gasteiger partial charge in [-0.1, -0.05) is 24.0 Å². The van der Waals surface area contributed by atoms with Gasteiger partial charge in [-0.25, -0.2) is 0 Å². The first-order valence-electron chi connectivity index (χ1n) is 3.38. The Hall–Kier alpha value is -0.915. The van der Waals surface area contributed by atoms with Gasteiger partial charge in [0.1, 0.15) is 7.85 Å². The fourth-order valence-corrected chi connectivity index (χ4v) is 0.935. The maximum Gasteiger partial charge on any atom is 0.114 e. The number of hydrogen-bond donors (Lipinski definition) is 1. The predicted octanol–water partition coefficient (Wildman–Crippen LogP) is 0.625. The Labute approximate surface area is 62.7 Å². The largest absolute Gasteiger partial charge is 0.399 e. The Morgan fingerprint density at radius 2 is 2.20 bits per heavy atom. The molecule has 0 heterocycles. The van der Waals surface area contributed by atoms with Crippen LogP contribution in [-0.4, -0.2) is 7.85 Å². The first-order chi connectivity index (χ1) is 4.74. The second-order valence-corrected chi connectivity index (χ2v) is 2.31. The Bertz CT molecular complexity index is 233. The maximum atomic E-state index is 5.65. The molecule has 0 saturated heterocycles. The van der Waals surface area contributed by atoms with Gasteiger partial charge >= 0.3 is 0 Å². The maximum absolute atomic E-state index is 5.65. The summed E-state index contributed by atoms with van der Waals surface area (Å²) in [6.45, 7) is 2.07. The molecule has 1 rings (SSSR count). The van der Waals surface area contributed by atoms with Gasteiger partial charge in [-0.2, -0.15) is 0 Å². The quantitative estimate of drug-likeness (QED) is 0.438. The first kappa shape index (κ1) is 7.20. The van der Waals surface area contributed by atoms with Gasteiger partial charge in [0.2, 0.25) is 0 Å². The Kier molecular flexibility index (Phi) is 2.00. The van der Waals surface area contributed by atoms with Crippen LogP contribution in [0, 0.1) is 0 Å². The molecule has 0 spiro atoms. The summed E-state index contributed by atoms with van der Waals surface area (Å²) >= 11 is 0. The van der Waals surface area contributed by atoms with Crippen molar-refractivity contribution >= 4 is 19.0 Å². The number of nitrogens with two attached hydrogens (primary N) is 1. The van der Waals surface area contributed by atoms with Gasteiger partial charge in [0.15, 0.2) is 0 Å². The van der Waals surface area contributed by atoms with Crippen LogP contribution in [0.4, 0.5) is 5.69 Å². The van der Waals surface area contributed by atoms with Crippen LogP contribution in [0.25, 0.3) is 0 Å². The molecule has 0 aliphatic carbocycles. The highest BCUT2D eigenvalue weighted by molar-refractivity contribution is 6.33. The van der Waals surface area contributed by atoms with Crippen molar-refractivity contribution in [1.82, 2.24) is 0 Å². The fraction of sp³-hybridized carbons (Fsp3) is 0.250. The summed E-state index contributed by atoms with van der Waals surface area (Å²) in [7, 11) is 5.65. The molecular weight excluding hydrogens is 121 g/mol. The van der Waals surface area contributed by atoms with Crippen molar-refractivity contribution in [1.29, 1.82) is 0 Å². The lowest BCUT2D eigenvalue weighted by Gasteiger charge is -2.02. The second kappa shape index (κ2) is 2.78. The van der Waals surface area contributed by atoms with E-state index < -0.39 is 0 Å². The first-order valence-corrected chi connectivity index (χ1v) is 3.38. The minimum Gasteiger partial charge on any atom is -0.399 e. The van der Waals surface area contributed by atoms with Crippen LogP contribution in [0.5, 0.6) is 0 Å². The molecule has 1 nitrogen and oxygen atoms in total. The monoisotopic (exact) mass is 131 g/mol. The highest BCUT2D eigenvalue weighted by Crippen LogP contribution is 2.01. The standard InChI is InChI=1S/C8H10BN/c1-2-6-3-4-7(10)5-8(6)9/h3-5H,2,10H2,1H3. The fourth-order valence-electron chi connectivity index (χ4n) is 0.935. The molecule has 0 saturated carbocycles. The molecule has 2 heteroatoms. The number of aryl methyl sites for hydroxylation is 1. The third-order valence-electron chi connectivity index (χ3n) is 1.55. The summed E-state index contributed by atoms with van der Waals surface area (Å²) in [4.78, 5) is 0. The molecule has 0 bridgehead atoms. The van der Waals surface area contributed by atoms with Crippen molar-refractivity contribution in [3.8, 4) is 0 Å². The summed E-state index contributed by atoms with van der Waals surface area (Å²) in [6, 6.07) is 5.62. The second-order valence-electron chi connectivity index (χ2n) is 2.31. The molecule has 0 atom stereocenters. The van der Waals surface area contributed by atoms with E-state index in [0.717, 1.165) is 23.1 Å². The lowest BCUT2D eigenvalue weighted by molar-refractivity contribution is 1.15. The van der Waals surface area contributed by atoms with Crippen LogP contribution in [0.2, 0.25) is 0 Å². The van der Waals surface area contributed by atoms with Gasteiger partial charge in [-0.3, -0.25) is 0 Å². The molecule has 0 aliphatic heterocycles. The van der Waals surface area contributed by atoms with Crippen LogP contribution >= 0.6 is 0 Å². The minimum atomic E-state index is 0.731. The summed E-state index contributed by atoms with van der Waals surface area (Å²) in [5, 5.41) is 0. The van der Waals surface area contributed by atoms with E-state index in [9.17, 15) is 0 Å². The van der Waals surface area contributed by atoms with Crippen molar-refractivity contribution in [2.45, 2.75) is 13.3 Å². The van der Waals surface area contributed by atoms with Gasteiger partial charge in [-0.15, -0.1) is 0 Å². The summed E-state index contributed by atoms with van der Waals surface area (Å²) in [5.41, 5.74) is 8.19. The minimum absolute atomic E-state index is 0.731. The lowest BCUT2D eigenvalue weighted by atomic mass is 9.89. The normalized spacial score (nSPS) is 9.70. The van der Waals surface area contributed by atoms with E-state index in [0.29, 0.717) is 0 Å². The van der Waals surface area contributed by atoms with E-state index in [4.69, 9.17) is 13.6 Å². The molecule has 0 aromatic heterocycles. The van der Waals surface area contributed by atoms with Crippen molar-refractivity contribution < 1.29 is 0 Å². The molecular formula is C8H10BN. The van der Waals surface area contributed by atoms with Crippen LogP contribution < -0.4 is 11.2 Å². The zero-order valence-electron chi connectivity index (χ0n) is 6.09. The molecule has 0 unspecified atom stereocenters. The molecule has 0 amide bonds. The van der Waals surface area contributed by atoms with Crippen LogP contribution in [0.15, 0.2) is 18.2 Å². The summed E-state index contributed by atoms with van der Waals surface area (Å²) < 4.78 is 0. The van der Waals surface area contributed by atoms with Gasteiger partial charge in [-0.05, 0) is 18.6 Å². The highest BCUT2D eigenvalue weighted by atomic mass is 14.5. The van der Waals surface area contributed by atoms with Gasteiger partial charge in [0.05, 0.1) is 0 Å². The van der Waals surface area contributed by atoms with Gasteiger partial charge in [0.25, 0.3) is 0 Å². The highest BCUT2D eigenvalue weighted by Gasteiger charge is 1.93. The van der Waals surface area contributed by atoms with Crippen molar-refractivity contribution in [3.05, 3.63) is 23.8 Å². The zero-order valence-corrected chi connectivity index (χ0v) is 6.09. The predicted molar refractivity (Wildman–Crippen MR) is 45.6 cm³/mol. The number of anilines is 1. The van der Waals surface area contributed by atoms with E-state index in [-0.39, 0.29) is 0 Å². The van der Waals surface area contributed by atoms with Crippen molar-refractivity contribution in [2.24, 2.45) is 0 Å². The number of rotatable bonds is 1. The summed E-state index contributed by atoms with van der Waals surface area (Å²) in [5.74, 6) is 0. The SMILES string of the molecule is [B]c1cc(N)ccc1CC. The Balaban J connectivity index is 3.07. The Morgan fingerprint density at radius 1 is 1.50 bits per heavy atom. The van der Waals surface area contributed by atoms with Gasteiger partial charge < -0.3 is 5.73 Å². The van der Waals surface area contributed by atoms with E-state index in [1.165, 1.54) is 0 Å². The molecule has 50 valence electrons. The molecule has 10 heavy (non-hydrogen) atoms. The van der Waals surface area contributed by atoms with Gasteiger partial charge in [0, 0.05) is 5.69 Å². The molecule has 0 aliphatic rings. The summed E-state index contributed by atoms with van der Waals surface area (Å²) in [6.07, 6.45) is 0.964. The third kappa shape index (κ3) is 1.32. The number of nitrogen functional groups attached to an aromatic ring is 1. The van der Waals surface area contributed by atoms with Crippen LogP contribution in [0.1, 0.15) is 12.5 Å². The lowest BCUT2D eigenvalue weighted by Crippen LogP contribution is -2.09. The Morgan fingerprint density at radius 3 is 2.70 bits per heavy atom. The molecule has 2 N–H and O–H groups in total. The zero-order chi connectivity index (χ0) is 7.56. The van der Waals surface area contributed by atoms with Crippen LogP contribution in [0.3, 0.4) is 0 Å². The number of hydrogen-bond acceptors (Lipinski definition) is 1. The van der Waals surface area contributed by atoms with E-state index in [2.05, 4.69) is 6.92 Å². The average Bonchev–Trinajstić information content (AvgIpc) is 1.88. The van der Waals surface area contributed by atoms with E-state index >= 15 is 0 Å². The molecule has 1 aromatic carbocycles. The van der Waals surface area contributed by atoms with E-state index in [1.807, 2.05) is 12.1 Å². The molecule has 1 aromatic rings. The average molecular weight is 131 g/mol. The van der Waals surface area contributed by atoms with E-state index in [1.54, 1.807) is 6.07 Å². The topological polar surface area (TPSA) is 26.0 Å². The van der Waals surface area contributed by atoms with Crippen LogP contribution in [-0.2, 0) is 6.42 Å². The third-order valence-corrected chi connectivity index (χ3v) is 1.55. The molecule has 2 radical (unpaired) electrons.